The number of aryl methyl sites for hydroxylation is 3. The van der Waals surface area contributed by atoms with Crippen molar-refractivity contribution in [2.24, 2.45) is 0 Å². The largest absolute Gasteiger partial charge is 0.319 e. The molecular weight excluding hydrogens is 260 g/mol. The number of nitrogens with one attached hydrogen (secondary N) is 1. The van der Waals surface area contributed by atoms with Crippen LogP contribution in [0.15, 0.2) is 18.5 Å². The van der Waals surface area contributed by atoms with Gasteiger partial charge < -0.3 is 5.32 Å². The molecule has 2 aromatic rings. The van der Waals surface area contributed by atoms with Crippen LogP contribution in [0.3, 0.4) is 0 Å². The minimum atomic E-state index is 0.409. The van der Waals surface area contributed by atoms with Crippen LogP contribution >= 0.6 is 0 Å². The highest BCUT2D eigenvalue weighted by Gasteiger charge is 2.16. The molecule has 1 N–H and O–H groups in total. The van der Waals surface area contributed by atoms with E-state index in [2.05, 4.69) is 38.0 Å². The van der Waals surface area contributed by atoms with Gasteiger partial charge in [0.05, 0.1) is 0 Å². The van der Waals surface area contributed by atoms with E-state index in [-0.39, 0.29) is 0 Å². The number of hydrogen-bond acceptors (Lipinski definition) is 4. The first-order chi connectivity index (χ1) is 10.1. The fraction of sp³-hybridized carbons (Fsp3) is 0.471. The molecule has 1 unspecified atom stereocenters. The number of rotatable bonds is 5. The molecule has 0 aromatic carbocycles. The second kappa shape index (κ2) is 6.76. The third kappa shape index (κ3) is 3.27. The van der Waals surface area contributed by atoms with E-state index in [1.165, 1.54) is 11.1 Å². The second-order valence-electron chi connectivity index (χ2n) is 5.48. The predicted molar refractivity (Wildman–Crippen MR) is 86.5 cm³/mol. The van der Waals surface area contributed by atoms with Crippen LogP contribution in [0.4, 0.5) is 0 Å². The Balaban J connectivity index is 2.49. The highest BCUT2D eigenvalue weighted by atomic mass is 14.9. The zero-order valence-corrected chi connectivity index (χ0v) is 13.6. The summed E-state index contributed by atoms with van der Waals surface area (Å²) >= 11 is 0. The van der Waals surface area contributed by atoms with E-state index in [1.807, 2.05) is 19.3 Å². The van der Waals surface area contributed by atoms with Crippen LogP contribution in [-0.2, 0) is 6.42 Å². The Morgan fingerprint density at radius 1 is 1.19 bits per heavy atom. The summed E-state index contributed by atoms with van der Waals surface area (Å²) < 4.78 is 0. The van der Waals surface area contributed by atoms with Gasteiger partial charge in [-0.1, -0.05) is 13.8 Å². The van der Waals surface area contributed by atoms with Gasteiger partial charge in [-0.25, -0.2) is 9.97 Å². The normalized spacial score (nSPS) is 12.4. The molecule has 4 heteroatoms. The molecular formula is C17H24N4. The highest BCUT2D eigenvalue weighted by molar-refractivity contribution is 5.60. The van der Waals surface area contributed by atoms with Crippen molar-refractivity contribution < 1.29 is 0 Å². The van der Waals surface area contributed by atoms with E-state index in [4.69, 9.17) is 9.97 Å². The zero-order valence-electron chi connectivity index (χ0n) is 13.6. The Bertz CT molecular complexity index is 599. The lowest BCUT2D eigenvalue weighted by Gasteiger charge is -2.17. The van der Waals surface area contributed by atoms with E-state index in [0.717, 1.165) is 35.7 Å². The van der Waals surface area contributed by atoms with Crippen LogP contribution in [0.1, 0.15) is 42.3 Å². The SMILES string of the molecule is CCc1cnccc1-c1nc(C)c(C(C)CNC)c(C)n1. The van der Waals surface area contributed by atoms with Gasteiger partial charge in [0.25, 0.3) is 0 Å². The third-order valence-corrected chi connectivity index (χ3v) is 3.86. The Morgan fingerprint density at radius 3 is 2.43 bits per heavy atom. The van der Waals surface area contributed by atoms with Crippen molar-refractivity contribution in [1.29, 1.82) is 0 Å². The maximum absolute atomic E-state index is 4.75. The lowest BCUT2D eigenvalue weighted by Crippen LogP contribution is -2.17. The molecule has 0 bridgehead atoms. The molecule has 21 heavy (non-hydrogen) atoms. The van der Waals surface area contributed by atoms with Crippen LogP contribution in [0, 0.1) is 13.8 Å². The van der Waals surface area contributed by atoms with Gasteiger partial charge in [-0.2, -0.15) is 0 Å². The summed E-state index contributed by atoms with van der Waals surface area (Å²) in [6, 6.07) is 2.00. The highest BCUT2D eigenvalue weighted by Crippen LogP contribution is 2.26. The van der Waals surface area contributed by atoms with Gasteiger partial charge in [0.2, 0.25) is 0 Å². The quantitative estimate of drug-likeness (QED) is 0.917. The summed E-state index contributed by atoms with van der Waals surface area (Å²) in [5, 5.41) is 3.22. The van der Waals surface area contributed by atoms with E-state index in [9.17, 15) is 0 Å². The summed E-state index contributed by atoms with van der Waals surface area (Å²) in [5.74, 6) is 1.22. The number of pyridine rings is 1. The van der Waals surface area contributed by atoms with Crippen molar-refractivity contribution in [1.82, 2.24) is 20.3 Å². The molecule has 2 rings (SSSR count). The molecule has 0 aliphatic heterocycles. The Labute approximate surface area is 127 Å². The molecule has 0 amide bonds. The Morgan fingerprint density at radius 2 is 1.86 bits per heavy atom. The fourth-order valence-electron chi connectivity index (χ4n) is 2.89. The van der Waals surface area contributed by atoms with Crippen molar-refractivity contribution in [2.45, 2.75) is 40.0 Å². The first-order valence-corrected chi connectivity index (χ1v) is 7.51. The molecule has 2 aromatic heterocycles. The zero-order chi connectivity index (χ0) is 15.4. The molecule has 0 fully saturated rings. The van der Waals surface area contributed by atoms with E-state index in [0.29, 0.717) is 5.92 Å². The molecule has 0 saturated carbocycles. The van der Waals surface area contributed by atoms with Crippen LogP contribution < -0.4 is 5.32 Å². The summed E-state index contributed by atoms with van der Waals surface area (Å²) in [5.41, 5.74) is 5.66. The lowest BCUT2D eigenvalue weighted by atomic mass is 9.97. The van der Waals surface area contributed by atoms with Gasteiger partial charge in [0, 0.05) is 35.9 Å². The maximum Gasteiger partial charge on any atom is 0.160 e. The molecule has 0 radical (unpaired) electrons. The molecule has 0 aliphatic rings. The minimum absolute atomic E-state index is 0.409. The summed E-state index contributed by atoms with van der Waals surface area (Å²) in [6.07, 6.45) is 4.64. The third-order valence-electron chi connectivity index (χ3n) is 3.86. The monoisotopic (exact) mass is 284 g/mol. The fourth-order valence-corrected chi connectivity index (χ4v) is 2.89. The van der Waals surface area contributed by atoms with Crippen molar-refractivity contribution in [3.63, 3.8) is 0 Å². The second-order valence-corrected chi connectivity index (χ2v) is 5.48. The standard InChI is InChI=1S/C17H24N4/c1-6-14-10-19-8-7-15(14)17-20-12(3)16(13(4)21-17)11(2)9-18-5/h7-8,10-11,18H,6,9H2,1-5H3. The minimum Gasteiger partial charge on any atom is -0.319 e. The molecule has 112 valence electrons. The first-order valence-electron chi connectivity index (χ1n) is 7.51. The molecule has 0 saturated heterocycles. The van der Waals surface area contributed by atoms with E-state index in [1.54, 1.807) is 6.20 Å². The number of nitrogens with zero attached hydrogens (tertiary/aromatic N) is 3. The molecule has 1 atom stereocenters. The average Bonchev–Trinajstić information content (AvgIpc) is 2.46. The van der Waals surface area contributed by atoms with Gasteiger partial charge in [-0.15, -0.1) is 0 Å². The molecule has 2 heterocycles. The smallest absolute Gasteiger partial charge is 0.160 e. The van der Waals surface area contributed by atoms with Gasteiger partial charge in [0.15, 0.2) is 5.82 Å². The van der Waals surface area contributed by atoms with Crippen molar-refractivity contribution in [3.05, 3.63) is 41.0 Å². The Hall–Kier alpha value is -1.81. The summed E-state index contributed by atoms with van der Waals surface area (Å²) in [7, 11) is 1.97. The van der Waals surface area contributed by atoms with Crippen LogP contribution in [0.25, 0.3) is 11.4 Å². The van der Waals surface area contributed by atoms with Crippen molar-refractivity contribution >= 4 is 0 Å². The van der Waals surface area contributed by atoms with Gasteiger partial charge in [0.1, 0.15) is 0 Å². The molecule has 4 nitrogen and oxygen atoms in total. The van der Waals surface area contributed by atoms with E-state index < -0.39 is 0 Å². The number of likely N-dealkylation sites (N-methyl/N-ethyl adjacent to an activating group) is 1. The first kappa shape index (κ1) is 15.6. The topological polar surface area (TPSA) is 50.7 Å². The van der Waals surface area contributed by atoms with Gasteiger partial charge in [-0.3, -0.25) is 4.98 Å². The van der Waals surface area contributed by atoms with Crippen LogP contribution in [0.5, 0.6) is 0 Å². The summed E-state index contributed by atoms with van der Waals surface area (Å²) in [6.45, 7) is 9.42. The molecule has 0 aliphatic carbocycles. The lowest BCUT2D eigenvalue weighted by molar-refractivity contribution is 0.663. The maximum atomic E-state index is 4.75. The average molecular weight is 284 g/mol. The summed E-state index contributed by atoms with van der Waals surface area (Å²) in [4.78, 5) is 13.7. The predicted octanol–water partition coefficient (Wildman–Crippen LogP) is 3.04. The number of hydrogen-bond donors (Lipinski definition) is 1. The Kier molecular flexibility index (Phi) is 5.02. The van der Waals surface area contributed by atoms with Gasteiger partial charge in [-0.05, 0) is 50.4 Å². The van der Waals surface area contributed by atoms with Crippen LogP contribution in [-0.4, -0.2) is 28.5 Å². The van der Waals surface area contributed by atoms with Gasteiger partial charge >= 0.3 is 0 Å². The van der Waals surface area contributed by atoms with E-state index >= 15 is 0 Å². The number of aromatic nitrogens is 3. The van der Waals surface area contributed by atoms with Crippen molar-refractivity contribution in [3.8, 4) is 11.4 Å². The van der Waals surface area contributed by atoms with Crippen LogP contribution in [0.2, 0.25) is 0 Å². The van der Waals surface area contributed by atoms with Crippen molar-refractivity contribution in [2.75, 3.05) is 13.6 Å². The molecule has 0 spiro atoms.